The summed E-state index contributed by atoms with van der Waals surface area (Å²) < 4.78 is 19.5. The lowest BCUT2D eigenvalue weighted by Gasteiger charge is -2.35. The molecule has 0 saturated heterocycles. The van der Waals surface area contributed by atoms with Gasteiger partial charge < -0.3 is 18.8 Å². The van der Waals surface area contributed by atoms with Gasteiger partial charge in [-0.05, 0) is 54.4 Å². The van der Waals surface area contributed by atoms with Gasteiger partial charge in [0.2, 0.25) is 0 Å². The van der Waals surface area contributed by atoms with E-state index in [1.165, 1.54) is 87.0 Å². The average molecular weight is 445 g/mol. The third-order valence-corrected chi connectivity index (χ3v) is 6.00. The second kappa shape index (κ2) is 27.0. The molecule has 0 amide bonds. The van der Waals surface area contributed by atoms with E-state index in [1.807, 2.05) is 0 Å². The number of quaternary nitrogens is 2. The van der Waals surface area contributed by atoms with Crippen LogP contribution in [0, 0.1) is 0 Å². The van der Waals surface area contributed by atoms with Gasteiger partial charge in [-0.25, -0.2) is 9.13 Å². The molecule has 0 aliphatic rings. The third-order valence-electron chi connectivity index (χ3n) is 6.00. The first-order chi connectivity index (χ1) is 13.3. The topological polar surface area (TPSA) is 74.6 Å². The fourth-order valence-electron chi connectivity index (χ4n) is 3.28. The Morgan fingerprint density at radius 3 is 0.821 bits per heavy atom. The van der Waals surface area contributed by atoms with E-state index in [0.717, 1.165) is 0 Å². The molecule has 8 heteroatoms. The molecule has 0 atom stereocenters. The molecule has 0 aromatic heterocycles. The van der Waals surface area contributed by atoms with Gasteiger partial charge in [0, 0.05) is 0 Å². The Morgan fingerprint density at radius 2 is 0.714 bits per heavy atom. The summed E-state index contributed by atoms with van der Waals surface area (Å²) in [4.78, 5) is 14.0. The van der Waals surface area contributed by atoms with Crippen LogP contribution < -0.4 is 0 Å². The summed E-state index contributed by atoms with van der Waals surface area (Å²) in [7, 11) is -1.67. The SMILES string of the molecule is CCCC[N+](CC)(CC)CC.CCCC[N+](CC)(CC)CC.O=PO.O=PO. The molecular formula is C20H50N2O4P2+2. The van der Waals surface area contributed by atoms with Crippen molar-refractivity contribution in [3.8, 4) is 0 Å². The van der Waals surface area contributed by atoms with Gasteiger partial charge in [0.1, 0.15) is 0 Å². The Labute approximate surface area is 179 Å². The van der Waals surface area contributed by atoms with Gasteiger partial charge in [-0.15, -0.1) is 0 Å². The molecule has 0 aliphatic carbocycles. The Kier molecular flexibility index (Phi) is 34.3. The highest BCUT2D eigenvalue weighted by Crippen LogP contribution is 2.08. The van der Waals surface area contributed by atoms with E-state index in [0.29, 0.717) is 0 Å². The summed E-state index contributed by atoms with van der Waals surface area (Å²) in [6.45, 7) is 28.9. The first kappa shape index (κ1) is 35.5. The van der Waals surface area contributed by atoms with Gasteiger partial charge in [0.25, 0.3) is 0 Å². The maximum Gasteiger partial charge on any atom is 0.324 e. The molecule has 0 fully saturated rings. The fraction of sp³-hybridized carbons (Fsp3) is 1.00. The summed E-state index contributed by atoms with van der Waals surface area (Å²) >= 11 is 0. The second-order valence-corrected chi connectivity index (χ2v) is 7.22. The van der Waals surface area contributed by atoms with Crippen molar-refractivity contribution in [2.45, 2.75) is 81.1 Å². The van der Waals surface area contributed by atoms with Crippen LogP contribution in [0.15, 0.2) is 0 Å². The summed E-state index contributed by atoms with van der Waals surface area (Å²) in [5, 5.41) is 0. The minimum Gasteiger partial charge on any atom is -0.324 e. The monoisotopic (exact) mass is 444 g/mol. The zero-order valence-corrected chi connectivity index (χ0v) is 21.8. The standard InChI is InChI=1S/2C10H24N.2HO2P/c2*1-5-9-10-11(6-2,7-3)8-4;2*1-3-2/h2*5-10H2,1-4H3;2*(H,1,2)/q2*+1;;. The minimum atomic E-state index is -0.833. The molecule has 172 valence electrons. The molecule has 0 radical (unpaired) electrons. The van der Waals surface area contributed by atoms with Gasteiger partial charge in [-0.2, -0.15) is 0 Å². The lowest BCUT2D eigenvalue weighted by molar-refractivity contribution is -0.923. The van der Waals surface area contributed by atoms with Gasteiger partial charge in [-0.3, -0.25) is 0 Å². The summed E-state index contributed by atoms with van der Waals surface area (Å²) in [5.74, 6) is 0. The van der Waals surface area contributed by atoms with Gasteiger partial charge in [-0.1, -0.05) is 26.7 Å². The van der Waals surface area contributed by atoms with Crippen molar-refractivity contribution in [3.63, 3.8) is 0 Å². The zero-order chi connectivity index (χ0) is 22.9. The molecule has 0 bridgehead atoms. The van der Waals surface area contributed by atoms with Crippen LogP contribution in [0.1, 0.15) is 81.1 Å². The highest BCUT2D eigenvalue weighted by molar-refractivity contribution is 7.16. The molecular weight excluding hydrogens is 394 g/mol. The van der Waals surface area contributed by atoms with Gasteiger partial charge in [0.05, 0.1) is 52.4 Å². The maximum atomic E-state index is 8.46. The van der Waals surface area contributed by atoms with E-state index in [9.17, 15) is 0 Å². The molecule has 0 heterocycles. The molecule has 0 aliphatic heterocycles. The zero-order valence-electron chi connectivity index (χ0n) is 20.0. The number of nitrogens with zero attached hydrogens (tertiary/aromatic N) is 2. The Balaban J connectivity index is -0.000000160. The first-order valence-electron chi connectivity index (χ1n) is 11.0. The van der Waals surface area contributed by atoms with Crippen molar-refractivity contribution in [1.29, 1.82) is 0 Å². The molecule has 0 aromatic rings. The van der Waals surface area contributed by atoms with Crippen LogP contribution >= 0.6 is 17.4 Å². The summed E-state index contributed by atoms with van der Waals surface area (Å²) in [5.41, 5.74) is 0. The van der Waals surface area contributed by atoms with E-state index in [1.54, 1.807) is 0 Å². The van der Waals surface area contributed by atoms with Crippen LogP contribution in [0.3, 0.4) is 0 Å². The highest BCUT2D eigenvalue weighted by Gasteiger charge is 2.19. The average Bonchev–Trinajstić information content (AvgIpc) is 2.73. The summed E-state index contributed by atoms with van der Waals surface area (Å²) in [6, 6.07) is 0. The molecule has 6 nitrogen and oxygen atoms in total. The predicted octanol–water partition coefficient (Wildman–Crippen LogP) is 5.70. The van der Waals surface area contributed by atoms with Gasteiger partial charge in [0.15, 0.2) is 0 Å². The van der Waals surface area contributed by atoms with E-state index in [2.05, 4.69) is 55.4 Å². The largest absolute Gasteiger partial charge is 0.324 e. The fourth-order valence-corrected chi connectivity index (χ4v) is 3.28. The van der Waals surface area contributed by atoms with Crippen molar-refractivity contribution in [2.75, 3.05) is 52.4 Å². The molecule has 28 heavy (non-hydrogen) atoms. The maximum absolute atomic E-state index is 8.46. The number of hydrogen-bond acceptors (Lipinski definition) is 2. The van der Waals surface area contributed by atoms with Gasteiger partial charge >= 0.3 is 17.4 Å². The third kappa shape index (κ3) is 20.8. The number of rotatable bonds is 12. The molecule has 0 spiro atoms. The molecule has 0 unspecified atom stereocenters. The lowest BCUT2D eigenvalue weighted by atomic mass is 10.2. The van der Waals surface area contributed by atoms with E-state index >= 15 is 0 Å². The van der Waals surface area contributed by atoms with Crippen LogP contribution in [0.2, 0.25) is 0 Å². The van der Waals surface area contributed by atoms with Crippen molar-refractivity contribution >= 4 is 17.4 Å². The quantitative estimate of drug-likeness (QED) is 0.299. The molecule has 0 rings (SSSR count). The first-order valence-corrected chi connectivity index (χ1v) is 12.5. The van der Waals surface area contributed by atoms with Crippen molar-refractivity contribution in [3.05, 3.63) is 0 Å². The van der Waals surface area contributed by atoms with E-state index in [4.69, 9.17) is 18.9 Å². The molecule has 0 saturated carbocycles. The van der Waals surface area contributed by atoms with Crippen molar-refractivity contribution in [1.82, 2.24) is 0 Å². The van der Waals surface area contributed by atoms with Crippen molar-refractivity contribution < 1.29 is 27.9 Å². The normalized spacial score (nSPS) is 10.9. The van der Waals surface area contributed by atoms with Crippen LogP contribution in [0.4, 0.5) is 0 Å². The number of hydrogen-bond donors (Lipinski definition) is 2. The van der Waals surface area contributed by atoms with Crippen molar-refractivity contribution in [2.24, 2.45) is 0 Å². The van der Waals surface area contributed by atoms with Crippen LogP contribution in [0.5, 0.6) is 0 Å². The smallest absolute Gasteiger partial charge is 0.324 e. The van der Waals surface area contributed by atoms with E-state index < -0.39 is 17.4 Å². The molecule has 2 N–H and O–H groups in total. The second-order valence-electron chi connectivity index (χ2n) is 6.90. The van der Waals surface area contributed by atoms with Crippen LogP contribution in [-0.2, 0) is 9.13 Å². The Bertz CT molecular complexity index is 268. The highest BCUT2D eigenvalue weighted by atomic mass is 31.1. The minimum absolute atomic E-state index is 0.833. The van der Waals surface area contributed by atoms with Crippen LogP contribution in [0.25, 0.3) is 0 Å². The van der Waals surface area contributed by atoms with E-state index in [-0.39, 0.29) is 0 Å². The predicted molar refractivity (Wildman–Crippen MR) is 123 cm³/mol. The Morgan fingerprint density at radius 1 is 0.536 bits per heavy atom. The lowest BCUT2D eigenvalue weighted by Crippen LogP contribution is -2.48. The summed E-state index contributed by atoms with van der Waals surface area (Å²) in [6.07, 6.45) is 5.44. The molecule has 0 aromatic carbocycles. The Hall–Kier alpha value is 0.0400. The van der Waals surface area contributed by atoms with Crippen LogP contribution in [-0.4, -0.2) is 71.1 Å². The number of unbranched alkanes of at least 4 members (excludes halogenated alkanes) is 2.